The summed E-state index contributed by atoms with van der Waals surface area (Å²) in [6, 6.07) is 21.7. The van der Waals surface area contributed by atoms with Gasteiger partial charge < -0.3 is 5.32 Å². The van der Waals surface area contributed by atoms with Crippen LogP contribution in [-0.4, -0.2) is 20.7 Å². The maximum Gasteiger partial charge on any atom is 0.295 e. The average molecular weight is 461 g/mol. The number of aromatic nitrogens is 3. The molecule has 4 aromatic rings. The Hall–Kier alpha value is -3.25. The van der Waals surface area contributed by atoms with Crippen LogP contribution >= 0.6 is 15.9 Å². The third-order valence-corrected chi connectivity index (χ3v) is 5.39. The van der Waals surface area contributed by atoms with E-state index in [2.05, 4.69) is 31.3 Å². The number of aryl methyl sites for hydroxylation is 3. The van der Waals surface area contributed by atoms with Gasteiger partial charge in [0.05, 0.1) is 5.69 Å². The van der Waals surface area contributed by atoms with Crippen molar-refractivity contribution in [1.82, 2.24) is 14.8 Å². The fraction of sp³-hybridized carbons (Fsp3) is 0.125. The third kappa shape index (κ3) is 4.04. The van der Waals surface area contributed by atoms with Crippen LogP contribution in [0.1, 0.15) is 27.3 Å². The molecule has 30 heavy (non-hydrogen) atoms. The number of carbonyl (C=O) groups is 1. The Labute approximate surface area is 183 Å². The molecule has 0 bridgehead atoms. The van der Waals surface area contributed by atoms with E-state index in [0.717, 1.165) is 38.1 Å². The summed E-state index contributed by atoms with van der Waals surface area (Å²) in [6.45, 7) is 5.99. The molecular formula is C24H21BrN4O. The van der Waals surface area contributed by atoms with Crippen molar-refractivity contribution in [2.45, 2.75) is 20.8 Å². The number of amides is 1. The summed E-state index contributed by atoms with van der Waals surface area (Å²) in [4.78, 5) is 17.6. The lowest BCUT2D eigenvalue weighted by atomic mass is 10.1. The number of anilines is 1. The summed E-state index contributed by atoms with van der Waals surface area (Å²) < 4.78 is 2.70. The Morgan fingerprint density at radius 1 is 0.933 bits per heavy atom. The lowest BCUT2D eigenvalue weighted by molar-refractivity contribution is 0.101. The van der Waals surface area contributed by atoms with E-state index in [1.54, 1.807) is 4.68 Å². The number of para-hydroxylation sites is 1. The van der Waals surface area contributed by atoms with E-state index in [1.807, 2.05) is 87.5 Å². The molecule has 150 valence electrons. The zero-order valence-corrected chi connectivity index (χ0v) is 18.6. The van der Waals surface area contributed by atoms with Crippen molar-refractivity contribution < 1.29 is 4.79 Å². The summed E-state index contributed by atoms with van der Waals surface area (Å²) >= 11 is 3.44. The summed E-state index contributed by atoms with van der Waals surface area (Å²) in [6.07, 6.45) is 0. The summed E-state index contributed by atoms with van der Waals surface area (Å²) in [5.74, 6) is 0.402. The highest BCUT2D eigenvalue weighted by atomic mass is 79.9. The van der Waals surface area contributed by atoms with Gasteiger partial charge in [-0.05, 0) is 56.2 Å². The Bertz CT molecular complexity index is 1230. The average Bonchev–Trinajstić information content (AvgIpc) is 3.16. The lowest BCUT2D eigenvalue weighted by Gasteiger charge is -2.09. The molecule has 0 radical (unpaired) electrons. The number of benzene rings is 3. The maximum atomic E-state index is 13.0. The van der Waals surface area contributed by atoms with Crippen molar-refractivity contribution in [1.29, 1.82) is 0 Å². The van der Waals surface area contributed by atoms with E-state index >= 15 is 0 Å². The van der Waals surface area contributed by atoms with Crippen molar-refractivity contribution in [2.24, 2.45) is 0 Å². The second-order valence-electron chi connectivity index (χ2n) is 7.24. The second-order valence-corrected chi connectivity index (χ2v) is 8.15. The normalized spacial score (nSPS) is 10.8. The van der Waals surface area contributed by atoms with Gasteiger partial charge in [0, 0.05) is 15.7 Å². The van der Waals surface area contributed by atoms with E-state index in [0.29, 0.717) is 5.82 Å². The first-order valence-electron chi connectivity index (χ1n) is 9.60. The minimum atomic E-state index is -0.346. The Kier molecular flexibility index (Phi) is 5.50. The van der Waals surface area contributed by atoms with Gasteiger partial charge in [-0.2, -0.15) is 0 Å². The number of nitrogens with one attached hydrogen (secondary N) is 1. The number of rotatable bonds is 4. The van der Waals surface area contributed by atoms with Gasteiger partial charge in [0.25, 0.3) is 5.91 Å². The van der Waals surface area contributed by atoms with Crippen molar-refractivity contribution in [3.63, 3.8) is 0 Å². The van der Waals surface area contributed by atoms with Crippen LogP contribution in [0.5, 0.6) is 0 Å². The maximum absolute atomic E-state index is 13.0. The van der Waals surface area contributed by atoms with Crippen LogP contribution < -0.4 is 5.32 Å². The molecule has 6 heteroatoms. The van der Waals surface area contributed by atoms with Gasteiger partial charge in [-0.15, -0.1) is 5.10 Å². The monoisotopic (exact) mass is 460 g/mol. The number of carbonyl (C=O) groups excluding carboxylic acids is 1. The van der Waals surface area contributed by atoms with Crippen molar-refractivity contribution >= 4 is 27.5 Å². The van der Waals surface area contributed by atoms with E-state index in [4.69, 9.17) is 0 Å². The highest BCUT2D eigenvalue weighted by molar-refractivity contribution is 9.10. The number of nitrogens with zero attached hydrogens (tertiary/aromatic N) is 3. The Balaban J connectivity index is 1.77. The largest absolute Gasteiger partial charge is 0.319 e. The minimum absolute atomic E-state index is 0.121. The van der Waals surface area contributed by atoms with Crippen molar-refractivity contribution in [2.75, 3.05) is 5.32 Å². The van der Waals surface area contributed by atoms with Crippen LogP contribution in [0.3, 0.4) is 0 Å². The Morgan fingerprint density at radius 2 is 1.67 bits per heavy atom. The highest BCUT2D eigenvalue weighted by Crippen LogP contribution is 2.25. The fourth-order valence-electron chi connectivity index (χ4n) is 3.21. The second kappa shape index (κ2) is 8.24. The van der Waals surface area contributed by atoms with Gasteiger partial charge in [-0.25, -0.2) is 9.67 Å². The van der Waals surface area contributed by atoms with Gasteiger partial charge in [0.15, 0.2) is 5.82 Å². The molecule has 0 unspecified atom stereocenters. The standard InChI is InChI=1S/C24H21BrN4O/c1-15-8-10-18(11-9-15)23-27-22(28-29(23)21-7-5-4-6-16(21)2)24(30)26-20-13-12-19(25)14-17(20)3/h4-14H,1-3H3,(H,26,30). The zero-order valence-electron chi connectivity index (χ0n) is 17.0. The SMILES string of the molecule is Cc1ccc(-c2nc(C(=O)Nc3ccc(Br)cc3C)nn2-c2ccccc2C)cc1. The van der Waals surface area contributed by atoms with Gasteiger partial charge in [0.2, 0.25) is 5.82 Å². The molecule has 4 rings (SSSR count). The Morgan fingerprint density at radius 3 is 2.37 bits per heavy atom. The van der Waals surface area contributed by atoms with Gasteiger partial charge in [-0.3, -0.25) is 4.79 Å². The molecule has 0 aliphatic rings. The lowest BCUT2D eigenvalue weighted by Crippen LogP contribution is -2.15. The summed E-state index contributed by atoms with van der Waals surface area (Å²) in [5.41, 5.74) is 5.67. The molecular weight excluding hydrogens is 440 g/mol. The molecule has 0 fully saturated rings. The quantitative estimate of drug-likeness (QED) is 0.413. The molecule has 1 heterocycles. The van der Waals surface area contributed by atoms with Crippen molar-refractivity contribution in [3.05, 3.63) is 93.7 Å². The summed E-state index contributed by atoms with van der Waals surface area (Å²) in [7, 11) is 0. The molecule has 0 saturated carbocycles. The highest BCUT2D eigenvalue weighted by Gasteiger charge is 2.20. The van der Waals surface area contributed by atoms with E-state index in [-0.39, 0.29) is 11.7 Å². The molecule has 1 aromatic heterocycles. The van der Waals surface area contributed by atoms with E-state index in [1.165, 1.54) is 0 Å². The molecule has 0 saturated heterocycles. The molecule has 5 nitrogen and oxygen atoms in total. The van der Waals surface area contributed by atoms with Gasteiger partial charge in [0.1, 0.15) is 0 Å². The minimum Gasteiger partial charge on any atom is -0.319 e. The molecule has 1 N–H and O–H groups in total. The third-order valence-electron chi connectivity index (χ3n) is 4.90. The van der Waals surface area contributed by atoms with Crippen LogP contribution in [-0.2, 0) is 0 Å². The first-order valence-corrected chi connectivity index (χ1v) is 10.4. The first-order chi connectivity index (χ1) is 14.4. The molecule has 0 atom stereocenters. The predicted octanol–water partition coefficient (Wildman–Crippen LogP) is 5.87. The van der Waals surface area contributed by atoms with Crippen LogP contribution in [0, 0.1) is 20.8 Å². The molecule has 0 aliphatic heterocycles. The van der Waals surface area contributed by atoms with E-state index < -0.39 is 0 Å². The summed E-state index contributed by atoms with van der Waals surface area (Å²) in [5, 5.41) is 7.49. The van der Waals surface area contributed by atoms with Crippen LogP contribution in [0.4, 0.5) is 5.69 Å². The van der Waals surface area contributed by atoms with Crippen molar-refractivity contribution in [3.8, 4) is 17.1 Å². The fourth-order valence-corrected chi connectivity index (χ4v) is 3.69. The van der Waals surface area contributed by atoms with Gasteiger partial charge in [-0.1, -0.05) is 64.0 Å². The molecule has 0 spiro atoms. The first kappa shape index (κ1) is 20.0. The number of hydrogen-bond donors (Lipinski definition) is 1. The smallest absolute Gasteiger partial charge is 0.295 e. The molecule has 1 amide bonds. The van der Waals surface area contributed by atoms with E-state index in [9.17, 15) is 4.79 Å². The topological polar surface area (TPSA) is 59.8 Å². The molecule has 3 aromatic carbocycles. The zero-order chi connectivity index (χ0) is 21.3. The molecule has 0 aliphatic carbocycles. The van der Waals surface area contributed by atoms with Crippen LogP contribution in [0.25, 0.3) is 17.1 Å². The van der Waals surface area contributed by atoms with Gasteiger partial charge >= 0.3 is 0 Å². The number of halogens is 1. The number of hydrogen-bond acceptors (Lipinski definition) is 3. The van der Waals surface area contributed by atoms with Crippen LogP contribution in [0.2, 0.25) is 0 Å². The van der Waals surface area contributed by atoms with Crippen LogP contribution in [0.15, 0.2) is 71.2 Å². The predicted molar refractivity (Wildman–Crippen MR) is 123 cm³/mol.